The van der Waals surface area contributed by atoms with Crippen molar-refractivity contribution in [1.29, 1.82) is 0 Å². The molecule has 0 radical (unpaired) electrons. The molecular formula is C31H33N5O8. The number of anilines is 1. The van der Waals surface area contributed by atoms with Crippen LogP contribution in [-0.4, -0.2) is 51.7 Å². The molecule has 0 fully saturated rings. The Morgan fingerprint density at radius 2 is 1.66 bits per heavy atom. The first-order valence-electron chi connectivity index (χ1n) is 13.7. The molecule has 0 aliphatic heterocycles. The molecule has 13 nitrogen and oxygen atoms in total. The van der Waals surface area contributed by atoms with Gasteiger partial charge < -0.3 is 28.8 Å². The van der Waals surface area contributed by atoms with Crippen molar-refractivity contribution in [2.24, 2.45) is 0 Å². The van der Waals surface area contributed by atoms with Crippen molar-refractivity contribution in [2.75, 3.05) is 12.1 Å². The molecule has 44 heavy (non-hydrogen) atoms. The third-order valence-electron chi connectivity index (χ3n) is 5.76. The molecule has 3 heterocycles. The van der Waals surface area contributed by atoms with Gasteiger partial charge in [0.2, 0.25) is 12.7 Å². The Bertz CT molecular complexity index is 1550. The molecule has 2 N–H and O–H groups in total. The summed E-state index contributed by atoms with van der Waals surface area (Å²) >= 11 is 0. The van der Waals surface area contributed by atoms with Crippen LogP contribution in [0.3, 0.4) is 0 Å². The van der Waals surface area contributed by atoms with E-state index >= 15 is 0 Å². The van der Waals surface area contributed by atoms with E-state index in [1.807, 2.05) is 36.4 Å². The highest BCUT2D eigenvalue weighted by atomic mass is 16.7. The first kappa shape index (κ1) is 31.5. The van der Waals surface area contributed by atoms with Crippen molar-refractivity contribution in [1.82, 2.24) is 20.4 Å². The molecule has 3 aromatic heterocycles. The van der Waals surface area contributed by atoms with E-state index in [1.54, 1.807) is 51.2 Å². The van der Waals surface area contributed by atoms with Gasteiger partial charge in [0.25, 0.3) is 0 Å². The number of pyridine rings is 2. The Morgan fingerprint density at radius 3 is 2.39 bits per heavy atom. The number of amides is 2. The van der Waals surface area contributed by atoms with Crippen LogP contribution in [-0.2, 0) is 32.0 Å². The van der Waals surface area contributed by atoms with E-state index in [-0.39, 0.29) is 5.82 Å². The zero-order valence-corrected chi connectivity index (χ0v) is 24.7. The molecule has 230 valence electrons. The lowest BCUT2D eigenvalue weighted by atomic mass is 10.1. The third kappa shape index (κ3) is 9.82. The summed E-state index contributed by atoms with van der Waals surface area (Å²) in [5.74, 6) is 0.289. The van der Waals surface area contributed by atoms with E-state index in [9.17, 15) is 14.4 Å². The lowest BCUT2D eigenvalue weighted by molar-refractivity contribution is -0.153. The second kappa shape index (κ2) is 14.6. The molecule has 0 saturated heterocycles. The van der Waals surface area contributed by atoms with Gasteiger partial charge in [0.1, 0.15) is 24.1 Å². The third-order valence-corrected chi connectivity index (χ3v) is 5.76. The number of esters is 1. The number of rotatable bonds is 11. The average Bonchev–Trinajstić information content (AvgIpc) is 3.44. The van der Waals surface area contributed by atoms with Crippen molar-refractivity contribution in [2.45, 2.75) is 52.4 Å². The molecule has 1 aromatic carbocycles. The van der Waals surface area contributed by atoms with E-state index in [1.165, 1.54) is 13.1 Å². The van der Waals surface area contributed by atoms with Gasteiger partial charge in [-0.05, 0) is 57.0 Å². The van der Waals surface area contributed by atoms with Gasteiger partial charge in [-0.2, -0.15) is 0 Å². The second-order valence-electron chi connectivity index (χ2n) is 10.5. The van der Waals surface area contributed by atoms with Gasteiger partial charge in [-0.15, -0.1) is 0 Å². The molecule has 0 aliphatic carbocycles. The summed E-state index contributed by atoms with van der Waals surface area (Å²) in [6.07, 6.45) is 1.98. The van der Waals surface area contributed by atoms with Crippen molar-refractivity contribution in [3.05, 3.63) is 89.9 Å². The van der Waals surface area contributed by atoms with Crippen LogP contribution in [0.5, 0.6) is 5.88 Å². The number of ether oxygens (including phenoxy) is 4. The fourth-order valence-corrected chi connectivity index (χ4v) is 3.72. The van der Waals surface area contributed by atoms with E-state index in [2.05, 4.69) is 25.8 Å². The topological polar surface area (TPSA) is 164 Å². The lowest BCUT2D eigenvalue weighted by Gasteiger charge is -2.21. The number of nitrogens with zero attached hydrogens (tertiary/aromatic N) is 3. The fraction of sp³-hybridized carbons (Fsp3) is 0.290. The minimum Gasteiger partial charge on any atom is -0.473 e. The van der Waals surface area contributed by atoms with E-state index in [0.29, 0.717) is 35.9 Å². The predicted molar refractivity (Wildman–Crippen MR) is 157 cm³/mol. The van der Waals surface area contributed by atoms with Gasteiger partial charge >= 0.3 is 18.2 Å². The standard InChI is InChI=1S/C31H33N5O8/c1-20(34-30(39)43-31(2,3)4)28(37)41-19-42-29(38)35-27-24(8-7-15-33-27)25-17-23(36-44-25)16-21-10-12-22(13-11-21)18-40-26-9-5-6-14-32-26/h5-15,17,20H,16,18-19H2,1-4H3,(H,34,39)(H,33,35,38)/t20-/m0/s1. The van der Waals surface area contributed by atoms with Gasteiger partial charge in [-0.25, -0.2) is 24.4 Å². The Balaban J connectivity index is 1.26. The Kier molecular flexibility index (Phi) is 10.5. The Morgan fingerprint density at radius 1 is 0.909 bits per heavy atom. The summed E-state index contributed by atoms with van der Waals surface area (Å²) in [7, 11) is 0. The molecule has 0 saturated carbocycles. The highest BCUT2D eigenvalue weighted by Crippen LogP contribution is 2.27. The molecular weight excluding hydrogens is 570 g/mol. The van der Waals surface area contributed by atoms with Gasteiger partial charge in [-0.3, -0.25) is 5.32 Å². The van der Waals surface area contributed by atoms with Crippen molar-refractivity contribution >= 4 is 24.0 Å². The number of hydrogen-bond donors (Lipinski definition) is 2. The van der Waals surface area contributed by atoms with Crippen molar-refractivity contribution < 1.29 is 37.9 Å². The molecule has 1 atom stereocenters. The van der Waals surface area contributed by atoms with E-state index in [4.69, 9.17) is 23.5 Å². The van der Waals surface area contributed by atoms with Crippen molar-refractivity contribution in [3.63, 3.8) is 0 Å². The highest BCUT2D eigenvalue weighted by Gasteiger charge is 2.22. The first-order valence-corrected chi connectivity index (χ1v) is 13.7. The van der Waals surface area contributed by atoms with Crippen LogP contribution in [0.4, 0.5) is 15.4 Å². The minimum absolute atomic E-state index is 0.156. The van der Waals surface area contributed by atoms with Crippen LogP contribution in [0, 0.1) is 0 Å². The highest BCUT2D eigenvalue weighted by molar-refractivity contribution is 5.88. The second-order valence-corrected chi connectivity index (χ2v) is 10.5. The SMILES string of the molecule is C[C@H](NC(=O)OC(C)(C)C)C(=O)OCOC(=O)Nc1ncccc1-c1cc(Cc2ccc(COc3ccccn3)cc2)no1. The largest absolute Gasteiger partial charge is 0.473 e. The predicted octanol–water partition coefficient (Wildman–Crippen LogP) is 5.26. The number of nitrogens with one attached hydrogen (secondary N) is 2. The maximum atomic E-state index is 12.4. The number of carbonyl (C=O) groups is 3. The first-order chi connectivity index (χ1) is 21.1. The number of aromatic nitrogens is 3. The maximum Gasteiger partial charge on any atom is 0.415 e. The van der Waals surface area contributed by atoms with Gasteiger partial charge in [0.05, 0.1) is 11.3 Å². The summed E-state index contributed by atoms with van der Waals surface area (Å²) in [6, 6.07) is 17.5. The van der Waals surface area contributed by atoms with Crippen LogP contribution >= 0.6 is 0 Å². The normalized spacial score (nSPS) is 11.6. The Hall–Kier alpha value is -5.46. The van der Waals surface area contributed by atoms with Crippen LogP contribution < -0.4 is 15.4 Å². The van der Waals surface area contributed by atoms with Gasteiger partial charge in [0.15, 0.2) is 5.76 Å². The van der Waals surface area contributed by atoms with Crippen LogP contribution in [0.2, 0.25) is 0 Å². The van der Waals surface area contributed by atoms with E-state index < -0.39 is 36.6 Å². The Labute approximate surface area is 253 Å². The molecule has 0 aliphatic rings. The van der Waals surface area contributed by atoms with Gasteiger partial charge in [0, 0.05) is 30.9 Å². The number of benzene rings is 1. The maximum absolute atomic E-state index is 12.4. The van der Waals surface area contributed by atoms with E-state index in [0.717, 1.165) is 11.1 Å². The summed E-state index contributed by atoms with van der Waals surface area (Å²) in [4.78, 5) is 44.6. The molecule has 13 heteroatoms. The molecule has 4 rings (SSSR count). The van der Waals surface area contributed by atoms with Gasteiger partial charge in [-0.1, -0.05) is 35.5 Å². The number of hydrogen-bond acceptors (Lipinski definition) is 11. The zero-order chi connectivity index (χ0) is 31.5. The van der Waals surface area contributed by atoms with Crippen LogP contribution in [0.25, 0.3) is 11.3 Å². The molecule has 0 bridgehead atoms. The summed E-state index contributed by atoms with van der Waals surface area (Å²) in [5, 5.41) is 9.00. The summed E-state index contributed by atoms with van der Waals surface area (Å²) in [6.45, 7) is 6.20. The smallest absolute Gasteiger partial charge is 0.415 e. The quantitative estimate of drug-likeness (QED) is 0.170. The number of carbonyl (C=O) groups excluding carboxylic acids is 3. The van der Waals surface area contributed by atoms with Crippen LogP contribution in [0.1, 0.15) is 44.5 Å². The fourth-order valence-electron chi connectivity index (χ4n) is 3.72. The average molecular weight is 604 g/mol. The lowest BCUT2D eigenvalue weighted by Crippen LogP contribution is -2.42. The molecule has 4 aromatic rings. The molecule has 0 spiro atoms. The zero-order valence-electron chi connectivity index (χ0n) is 24.7. The molecule has 0 unspecified atom stereocenters. The summed E-state index contributed by atoms with van der Waals surface area (Å²) in [5.41, 5.74) is 2.44. The minimum atomic E-state index is -1.02. The summed E-state index contributed by atoms with van der Waals surface area (Å²) < 4.78 is 26.2. The monoisotopic (exact) mass is 603 g/mol. The van der Waals surface area contributed by atoms with Crippen molar-refractivity contribution in [3.8, 4) is 17.2 Å². The number of alkyl carbamates (subject to hydrolysis) is 1. The molecule has 2 amide bonds. The van der Waals surface area contributed by atoms with Crippen LogP contribution in [0.15, 0.2) is 77.6 Å².